The van der Waals surface area contributed by atoms with Crippen LogP contribution in [-0.4, -0.2) is 13.7 Å². The zero-order valence-corrected chi connectivity index (χ0v) is 12.3. The Balaban J connectivity index is 2.06. The van der Waals surface area contributed by atoms with Crippen LogP contribution < -0.4 is 10.5 Å². The average molecular weight is 322 g/mol. The molecule has 0 unspecified atom stereocenters. The third-order valence-electron chi connectivity index (χ3n) is 2.70. The summed E-state index contributed by atoms with van der Waals surface area (Å²) in [5, 5.41) is 0. The molecule has 0 heterocycles. The SMILES string of the molecule is COCCc1ccc(Oc2ccc(N)cc2Br)cc1. The van der Waals surface area contributed by atoms with Crippen LogP contribution in [0.3, 0.4) is 0 Å². The Bertz CT molecular complexity index is 540. The Morgan fingerprint density at radius 2 is 1.84 bits per heavy atom. The predicted molar refractivity (Wildman–Crippen MR) is 80.7 cm³/mol. The van der Waals surface area contributed by atoms with Crippen LogP contribution in [0.25, 0.3) is 0 Å². The third-order valence-corrected chi connectivity index (χ3v) is 3.32. The first kappa shape index (κ1) is 13.9. The molecule has 0 atom stereocenters. The molecule has 0 aliphatic heterocycles. The second-order valence-electron chi connectivity index (χ2n) is 4.18. The van der Waals surface area contributed by atoms with Gasteiger partial charge in [-0.3, -0.25) is 0 Å². The van der Waals surface area contributed by atoms with Gasteiger partial charge in [-0.25, -0.2) is 0 Å². The Labute approximate surface area is 121 Å². The first-order chi connectivity index (χ1) is 9.19. The number of nitrogen functional groups attached to an aromatic ring is 1. The number of methoxy groups -OCH3 is 1. The fourth-order valence-corrected chi connectivity index (χ4v) is 2.15. The maximum absolute atomic E-state index is 5.79. The van der Waals surface area contributed by atoms with Crippen LogP contribution in [-0.2, 0) is 11.2 Å². The molecule has 0 aliphatic rings. The number of nitrogens with two attached hydrogens (primary N) is 1. The number of hydrogen-bond acceptors (Lipinski definition) is 3. The summed E-state index contributed by atoms with van der Waals surface area (Å²) in [5.74, 6) is 1.55. The van der Waals surface area contributed by atoms with Crippen molar-refractivity contribution in [2.75, 3.05) is 19.5 Å². The molecule has 0 spiro atoms. The van der Waals surface area contributed by atoms with Gasteiger partial charge in [0, 0.05) is 12.8 Å². The van der Waals surface area contributed by atoms with Crippen LogP contribution >= 0.6 is 15.9 Å². The summed E-state index contributed by atoms with van der Waals surface area (Å²) >= 11 is 3.43. The lowest BCUT2D eigenvalue weighted by Gasteiger charge is -2.09. The Morgan fingerprint density at radius 3 is 2.47 bits per heavy atom. The lowest BCUT2D eigenvalue weighted by molar-refractivity contribution is 0.202. The molecule has 100 valence electrons. The van der Waals surface area contributed by atoms with Gasteiger partial charge in [0.15, 0.2) is 0 Å². The normalized spacial score (nSPS) is 10.4. The lowest BCUT2D eigenvalue weighted by Crippen LogP contribution is -1.94. The Kier molecular flexibility index (Phi) is 4.82. The van der Waals surface area contributed by atoms with E-state index in [0.717, 1.165) is 29.0 Å². The number of rotatable bonds is 5. The van der Waals surface area contributed by atoms with Crippen molar-refractivity contribution in [1.29, 1.82) is 0 Å². The fourth-order valence-electron chi connectivity index (χ4n) is 1.67. The molecule has 2 aromatic rings. The smallest absolute Gasteiger partial charge is 0.141 e. The van der Waals surface area contributed by atoms with Gasteiger partial charge in [0.25, 0.3) is 0 Å². The number of halogens is 1. The molecule has 0 radical (unpaired) electrons. The Morgan fingerprint density at radius 1 is 1.11 bits per heavy atom. The molecular formula is C15H16BrNO2. The molecule has 0 bridgehead atoms. The van der Waals surface area contributed by atoms with E-state index >= 15 is 0 Å². The molecule has 0 fully saturated rings. The second-order valence-corrected chi connectivity index (χ2v) is 5.03. The van der Waals surface area contributed by atoms with Gasteiger partial charge in [-0.2, -0.15) is 0 Å². The van der Waals surface area contributed by atoms with Crippen molar-refractivity contribution >= 4 is 21.6 Å². The molecular weight excluding hydrogens is 306 g/mol. The fraction of sp³-hybridized carbons (Fsp3) is 0.200. The summed E-state index contributed by atoms with van der Waals surface area (Å²) < 4.78 is 11.7. The van der Waals surface area contributed by atoms with Gasteiger partial charge in [0.2, 0.25) is 0 Å². The van der Waals surface area contributed by atoms with Gasteiger partial charge in [0.05, 0.1) is 11.1 Å². The van der Waals surface area contributed by atoms with Crippen LogP contribution in [0.1, 0.15) is 5.56 Å². The van der Waals surface area contributed by atoms with Crippen molar-refractivity contribution in [3.8, 4) is 11.5 Å². The van der Waals surface area contributed by atoms with Crippen molar-refractivity contribution in [2.45, 2.75) is 6.42 Å². The minimum Gasteiger partial charge on any atom is -0.456 e. The summed E-state index contributed by atoms with van der Waals surface area (Å²) in [6.07, 6.45) is 0.905. The molecule has 19 heavy (non-hydrogen) atoms. The second kappa shape index (κ2) is 6.59. The van der Waals surface area contributed by atoms with Gasteiger partial charge in [-0.15, -0.1) is 0 Å². The quantitative estimate of drug-likeness (QED) is 0.846. The van der Waals surface area contributed by atoms with Crippen molar-refractivity contribution in [1.82, 2.24) is 0 Å². The molecule has 0 aliphatic carbocycles. The topological polar surface area (TPSA) is 44.5 Å². The zero-order valence-electron chi connectivity index (χ0n) is 10.7. The zero-order chi connectivity index (χ0) is 13.7. The van der Waals surface area contributed by atoms with Gasteiger partial charge in [-0.05, 0) is 58.2 Å². The van der Waals surface area contributed by atoms with E-state index in [1.54, 1.807) is 7.11 Å². The largest absolute Gasteiger partial charge is 0.456 e. The van der Waals surface area contributed by atoms with E-state index < -0.39 is 0 Å². The van der Waals surface area contributed by atoms with E-state index in [9.17, 15) is 0 Å². The van der Waals surface area contributed by atoms with Gasteiger partial charge in [-0.1, -0.05) is 12.1 Å². The van der Waals surface area contributed by atoms with Crippen LogP contribution in [0.5, 0.6) is 11.5 Å². The summed E-state index contributed by atoms with van der Waals surface area (Å²) in [6.45, 7) is 0.726. The molecule has 2 aromatic carbocycles. The van der Waals surface area contributed by atoms with Crippen LogP contribution in [0.4, 0.5) is 5.69 Å². The highest BCUT2D eigenvalue weighted by Crippen LogP contribution is 2.31. The number of ether oxygens (including phenoxy) is 2. The summed E-state index contributed by atoms with van der Waals surface area (Å²) in [6, 6.07) is 13.5. The molecule has 3 nitrogen and oxygen atoms in total. The van der Waals surface area contributed by atoms with Crippen LogP contribution in [0.15, 0.2) is 46.9 Å². The minimum absolute atomic E-state index is 0.703. The van der Waals surface area contributed by atoms with Crippen molar-refractivity contribution in [3.63, 3.8) is 0 Å². The number of hydrogen-bond donors (Lipinski definition) is 1. The maximum atomic E-state index is 5.79. The molecule has 2 N–H and O–H groups in total. The number of benzene rings is 2. The summed E-state index contributed by atoms with van der Waals surface area (Å²) in [7, 11) is 1.70. The molecule has 0 saturated heterocycles. The van der Waals surface area contributed by atoms with E-state index in [4.69, 9.17) is 15.2 Å². The standard InChI is InChI=1S/C15H16BrNO2/c1-18-9-8-11-2-5-13(6-3-11)19-15-7-4-12(17)10-14(15)16/h2-7,10H,8-9,17H2,1H3. The van der Waals surface area contributed by atoms with Crippen LogP contribution in [0, 0.1) is 0 Å². The first-order valence-electron chi connectivity index (χ1n) is 6.00. The monoisotopic (exact) mass is 321 g/mol. The van der Waals surface area contributed by atoms with Crippen molar-refractivity contribution < 1.29 is 9.47 Å². The molecule has 0 aromatic heterocycles. The highest BCUT2D eigenvalue weighted by molar-refractivity contribution is 9.10. The first-order valence-corrected chi connectivity index (χ1v) is 6.79. The maximum Gasteiger partial charge on any atom is 0.141 e. The summed E-state index contributed by atoms with van der Waals surface area (Å²) in [5.41, 5.74) is 7.62. The lowest BCUT2D eigenvalue weighted by atomic mass is 10.1. The van der Waals surface area contributed by atoms with Crippen molar-refractivity contribution in [2.24, 2.45) is 0 Å². The third kappa shape index (κ3) is 3.98. The van der Waals surface area contributed by atoms with E-state index in [-0.39, 0.29) is 0 Å². The molecule has 2 rings (SSSR count). The van der Waals surface area contributed by atoms with E-state index in [0.29, 0.717) is 5.69 Å². The van der Waals surface area contributed by atoms with Gasteiger partial charge in [0.1, 0.15) is 11.5 Å². The molecule has 0 saturated carbocycles. The van der Waals surface area contributed by atoms with E-state index in [1.807, 2.05) is 42.5 Å². The summed E-state index contributed by atoms with van der Waals surface area (Å²) in [4.78, 5) is 0. The van der Waals surface area contributed by atoms with Gasteiger partial charge >= 0.3 is 0 Å². The van der Waals surface area contributed by atoms with Gasteiger partial charge < -0.3 is 15.2 Å². The van der Waals surface area contributed by atoms with Crippen LogP contribution in [0.2, 0.25) is 0 Å². The highest BCUT2D eigenvalue weighted by atomic mass is 79.9. The molecule has 4 heteroatoms. The van der Waals surface area contributed by atoms with Crippen molar-refractivity contribution in [3.05, 3.63) is 52.5 Å². The highest BCUT2D eigenvalue weighted by Gasteiger charge is 2.03. The minimum atomic E-state index is 0.703. The average Bonchev–Trinajstić information content (AvgIpc) is 2.41. The Hall–Kier alpha value is -1.52. The molecule has 0 amide bonds. The number of anilines is 1. The predicted octanol–water partition coefficient (Wildman–Crippen LogP) is 4.01. The van der Waals surface area contributed by atoms with E-state index in [1.165, 1.54) is 5.56 Å². The van der Waals surface area contributed by atoms with E-state index in [2.05, 4.69) is 15.9 Å².